The molecule has 0 saturated heterocycles. The van der Waals surface area contributed by atoms with Crippen molar-refractivity contribution in [2.45, 2.75) is 13.0 Å². The van der Waals surface area contributed by atoms with Crippen molar-refractivity contribution < 1.29 is 23.1 Å². The number of methoxy groups -OCH3 is 1. The highest BCUT2D eigenvalue weighted by Crippen LogP contribution is 2.15. The van der Waals surface area contributed by atoms with Crippen molar-refractivity contribution in [3.05, 3.63) is 21.9 Å². The van der Waals surface area contributed by atoms with Crippen LogP contribution in [0.3, 0.4) is 0 Å². The van der Waals surface area contributed by atoms with Crippen LogP contribution in [0.15, 0.2) is 11.4 Å². The third-order valence-electron chi connectivity index (χ3n) is 2.03. The van der Waals surface area contributed by atoms with Gasteiger partial charge in [0.25, 0.3) is 0 Å². The summed E-state index contributed by atoms with van der Waals surface area (Å²) in [5, 5.41) is 10.4. The molecule has 0 spiro atoms. The first-order chi connectivity index (χ1) is 9.48. The fourth-order valence-corrected chi connectivity index (χ4v) is 2.72. The molecule has 0 atom stereocenters. The highest BCUT2D eigenvalue weighted by Gasteiger charge is 2.14. The Morgan fingerprint density at radius 1 is 1.55 bits per heavy atom. The summed E-state index contributed by atoms with van der Waals surface area (Å²) < 4.78 is 31.0. The van der Waals surface area contributed by atoms with E-state index in [0.717, 1.165) is 7.11 Å². The maximum Gasteiger partial charge on any atom is 0.421 e. The van der Waals surface area contributed by atoms with E-state index in [1.54, 1.807) is 16.2 Å². The zero-order valence-electron chi connectivity index (χ0n) is 10.7. The lowest BCUT2D eigenvalue weighted by molar-refractivity contribution is 0.177. The Morgan fingerprint density at radius 3 is 2.95 bits per heavy atom. The van der Waals surface area contributed by atoms with Gasteiger partial charge in [0.05, 0.1) is 13.7 Å². The first-order valence-electron chi connectivity index (χ1n) is 5.50. The lowest BCUT2D eigenvalue weighted by Crippen LogP contribution is -2.39. The predicted molar refractivity (Wildman–Crippen MR) is 74.2 cm³/mol. The average molecular weight is 318 g/mol. The third-order valence-corrected chi connectivity index (χ3v) is 3.91. The predicted octanol–water partition coefficient (Wildman–Crippen LogP) is 0.172. The normalized spacial score (nSPS) is 10.5. The van der Waals surface area contributed by atoms with Crippen molar-refractivity contribution in [2.75, 3.05) is 13.7 Å². The number of hydrogen-bond acceptors (Lipinski definition) is 6. The highest BCUT2D eigenvalue weighted by atomic mass is 32.2. The number of aliphatic hydroxyl groups is 1. The van der Waals surface area contributed by atoms with E-state index >= 15 is 0 Å². The number of thiophene rings is 1. The van der Waals surface area contributed by atoms with Crippen molar-refractivity contribution in [1.82, 2.24) is 9.44 Å². The summed E-state index contributed by atoms with van der Waals surface area (Å²) in [5.41, 5.74) is 0.684. The fraction of sp³-hybridized carbons (Fsp3) is 0.364. The van der Waals surface area contributed by atoms with Crippen LogP contribution < -0.4 is 9.44 Å². The second-order valence-electron chi connectivity index (χ2n) is 3.45. The molecule has 7 nitrogen and oxygen atoms in total. The Hall–Kier alpha value is -1.60. The van der Waals surface area contributed by atoms with Crippen LogP contribution >= 0.6 is 11.3 Å². The number of nitrogens with one attached hydrogen (secondary N) is 2. The zero-order chi connectivity index (χ0) is 15.0. The topological polar surface area (TPSA) is 105 Å². The number of aliphatic hydroxyl groups excluding tert-OH is 1. The summed E-state index contributed by atoms with van der Waals surface area (Å²) in [4.78, 5) is 11.5. The minimum Gasteiger partial charge on any atom is -0.452 e. The summed E-state index contributed by atoms with van der Waals surface area (Å²) in [7, 11) is -2.90. The lowest BCUT2D eigenvalue weighted by atomic mass is 10.2. The van der Waals surface area contributed by atoms with Crippen molar-refractivity contribution in [2.24, 2.45) is 0 Å². The molecular formula is C11H14N2O5S2. The van der Waals surface area contributed by atoms with Gasteiger partial charge in [0.15, 0.2) is 0 Å². The molecule has 0 bridgehead atoms. The van der Waals surface area contributed by atoms with Crippen molar-refractivity contribution >= 4 is 27.6 Å². The molecule has 1 amide bonds. The molecule has 3 N–H and O–H groups in total. The van der Waals surface area contributed by atoms with Crippen LogP contribution in [0.4, 0.5) is 4.79 Å². The van der Waals surface area contributed by atoms with Crippen molar-refractivity contribution in [3.8, 4) is 11.8 Å². The van der Waals surface area contributed by atoms with Crippen LogP contribution in [0.5, 0.6) is 0 Å². The first kappa shape index (κ1) is 16.5. The molecular weight excluding hydrogens is 304 g/mol. The van der Waals surface area contributed by atoms with Crippen LogP contribution in [0.25, 0.3) is 0 Å². The number of ether oxygens (including phenoxy) is 1. The summed E-state index contributed by atoms with van der Waals surface area (Å²) in [6, 6.07) is 1.76. The number of carbonyl (C=O) groups is 1. The smallest absolute Gasteiger partial charge is 0.421 e. The van der Waals surface area contributed by atoms with E-state index in [-0.39, 0.29) is 13.2 Å². The Kier molecular flexibility index (Phi) is 6.47. The van der Waals surface area contributed by atoms with Crippen molar-refractivity contribution in [3.63, 3.8) is 0 Å². The monoisotopic (exact) mass is 318 g/mol. The maximum absolute atomic E-state index is 11.5. The minimum absolute atomic E-state index is 0.00708. The van der Waals surface area contributed by atoms with Crippen molar-refractivity contribution in [1.29, 1.82) is 0 Å². The van der Waals surface area contributed by atoms with E-state index in [1.807, 2.05) is 0 Å². The van der Waals surface area contributed by atoms with E-state index < -0.39 is 16.3 Å². The minimum atomic E-state index is -3.97. The van der Waals surface area contributed by atoms with Gasteiger partial charge in [0.1, 0.15) is 0 Å². The molecule has 0 unspecified atom stereocenters. The van der Waals surface area contributed by atoms with E-state index in [9.17, 15) is 13.2 Å². The number of carbonyl (C=O) groups excluding carboxylic acids is 1. The maximum atomic E-state index is 11.5. The molecule has 0 aromatic carbocycles. The number of amides is 1. The van der Waals surface area contributed by atoms with Gasteiger partial charge in [-0.3, -0.25) is 0 Å². The molecule has 1 aromatic rings. The number of hydrogen-bond donors (Lipinski definition) is 3. The van der Waals surface area contributed by atoms with E-state index in [2.05, 4.69) is 21.3 Å². The van der Waals surface area contributed by atoms with Gasteiger partial charge < -0.3 is 9.84 Å². The molecule has 110 valence electrons. The second kappa shape index (κ2) is 7.86. The van der Waals surface area contributed by atoms with E-state index in [0.29, 0.717) is 16.9 Å². The van der Waals surface area contributed by atoms with Gasteiger partial charge in [-0.1, -0.05) is 11.8 Å². The molecule has 1 heterocycles. The average Bonchev–Trinajstić information content (AvgIpc) is 2.84. The molecule has 1 rings (SSSR count). The van der Waals surface area contributed by atoms with Gasteiger partial charge in [-0.05, 0) is 11.4 Å². The standard InChI is InChI=1S/C11H14N2O5S2/c1-18-11(15)13-20(16,17)12-8-10-9(5-7-19-10)4-2-3-6-14/h5,7,12,14H,3,6,8H2,1H3,(H,13,15). The number of rotatable bonds is 5. The molecule has 1 aromatic heterocycles. The quantitative estimate of drug-likeness (QED) is 0.671. The third kappa shape index (κ3) is 5.58. The second-order valence-corrected chi connectivity index (χ2v) is 5.95. The van der Waals surface area contributed by atoms with Crippen LogP contribution in [0.1, 0.15) is 16.9 Å². The van der Waals surface area contributed by atoms with Gasteiger partial charge in [-0.15, -0.1) is 11.3 Å². The molecule has 0 aliphatic carbocycles. The first-order valence-corrected chi connectivity index (χ1v) is 7.86. The van der Waals surface area contributed by atoms with E-state index in [1.165, 1.54) is 11.3 Å². The van der Waals surface area contributed by atoms with Gasteiger partial charge in [0, 0.05) is 23.4 Å². The van der Waals surface area contributed by atoms with Gasteiger partial charge in [-0.25, -0.2) is 9.52 Å². The zero-order valence-corrected chi connectivity index (χ0v) is 12.3. The lowest BCUT2D eigenvalue weighted by Gasteiger charge is -2.06. The van der Waals surface area contributed by atoms with Crippen LogP contribution in [0.2, 0.25) is 0 Å². The molecule has 0 radical (unpaired) electrons. The highest BCUT2D eigenvalue weighted by molar-refractivity contribution is 7.88. The Bertz CT molecular complexity index is 612. The summed E-state index contributed by atoms with van der Waals surface area (Å²) in [6.45, 7) is -0.0186. The molecule has 0 aliphatic rings. The van der Waals surface area contributed by atoms with Crippen LogP contribution in [-0.4, -0.2) is 33.3 Å². The van der Waals surface area contributed by atoms with Gasteiger partial charge >= 0.3 is 16.3 Å². The van der Waals surface area contributed by atoms with E-state index in [4.69, 9.17) is 5.11 Å². The Labute approximate surface area is 121 Å². The summed E-state index contributed by atoms with van der Waals surface area (Å²) >= 11 is 1.34. The molecule has 0 aliphatic heterocycles. The SMILES string of the molecule is COC(=O)NS(=O)(=O)NCc1sccc1C#CCCO. The van der Waals surface area contributed by atoms with Gasteiger partial charge in [0.2, 0.25) is 0 Å². The largest absolute Gasteiger partial charge is 0.452 e. The molecule has 0 saturated carbocycles. The van der Waals surface area contributed by atoms with Gasteiger partial charge in [-0.2, -0.15) is 13.1 Å². The Balaban J connectivity index is 2.65. The molecule has 20 heavy (non-hydrogen) atoms. The summed E-state index contributed by atoms with van der Waals surface area (Å²) in [5.74, 6) is 5.59. The molecule has 9 heteroatoms. The van der Waals surface area contributed by atoms with Crippen LogP contribution in [0, 0.1) is 11.8 Å². The Morgan fingerprint density at radius 2 is 2.30 bits per heavy atom. The fourth-order valence-electron chi connectivity index (χ4n) is 1.15. The molecule has 0 fully saturated rings. The van der Waals surface area contributed by atoms with Crippen LogP contribution in [-0.2, 0) is 21.5 Å². The summed E-state index contributed by atoms with van der Waals surface area (Å²) in [6.07, 6.45) is -0.711.